The summed E-state index contributed by atoms with van der Waals surface area (Å²) in [7, 11) is 0. The molecule has 0 fully saturated rings. The number of nitrogens with two attached hydrogens (primary N) is 1. The predicted octanol–water partition coefficient (Wildman–Crippen LogP) is 3.97. The fourth-order valence-electron chi connectivity index (χ4n) is 3.96. The van der Waals surface area contributed by atoms with Crippen molar-refractivity contribution in [1.82, 2.24) is 4.90 Å². The Balaban J connectivity index is 1.91. The third kappa shape index (κ3) is 3.92. The van der Waals surface area contributed by atoms with Crippen LogP contribution in [0.5, 0.6) is 0 Å². The quantitative estimate of drug-likeness (QED) is 0.799. The van der Waals surface area contributed by atoms with Gasteiger partial charge in [0.1, 0.15) is 29.0 Å². The summed E-state index contributed by atoms with van der Waals surface area (Å²) >= 11 is 0. The summed E-state index contributed by atoms with van der Waals surface area (Å²) < 4.78 is 33.5. The van der Waals surface area contributed by atoms with Crippen molar-refractivity contribution in [3.05, 3.63) is 99.7 Å². The van der Waals surface area contributed by atoms with Crippen LogP contribution in [0.4, 0.5) is 8.78 Å². The van der Waals surface area contributed by atoms with Crippen molar-refractivity contribution in [2.45, 2.75) is 12.8 Å². The van der Waals surface area contributed by atoms with Crippen molar-refractivity contribution in [3.63, 3.8) is 0 Å². The number of nitriles is 1. The highest BCUT2D eigenvalue weighted by molar-refractivity contribution is 5.76. The zero-order chi connectivity index (χ0) is 22.1. The number of carbonyl (C=O) groups is 1. The minimum atomic E-state index is -0.664. The molecule has 2 aromatic rings. The summed E-state index contributed by atoms with van der Waals surface area (Å²) in [6.07, 6.45) is 1.72. The lowest BCUT2D eigenvalue weighted by Gasteiger charge is -2.38. The molecule has 0 saturated heterocycles. The second kappa shape index (κ2) is 8.07. The first-order valence-electron chi connectivity index (χ1n) is 9.65. The highest BCUT2D eigenvalue weighted by atomic mass is 19.1. The molecule has 31 heavy (non-hydrogen) atoms. The van der Waals surface area contributed by atoms with Gasteiger partial charge in [-0.25, -0.2) is 8.78 Å². The van der Waals surface area contributed by atoms with Gasteiger partial charge in [0, 0.05) is 31.2 Å². The topological polar surface area (TPSA) is 79.3 Å². The molecule has 0 radical (unpaired) electrons. The first-order valence-corrected chi connectivity index (χ1v) is 9.65. The van der Waals surface area contributed by atoms with Gasteiger partial charge in [0.05, 0.1) is 5.92 Å². The highest BCUT2D eigenvalue weighted by Crippen LogP contribution is 2.43. The second-order valence-electron chi connectivity index (χ2n) is 7.43. The van der Waals surface area contributed by atoms with Crippen molar-refractivity contribution in [3.8, 4) is 6.07 Å². The number of nitrogens with zero attached hydrogens (tertiary/aromatic N) is 2. The Morgan fingerprint density at radius 1 is 1.19 bits per heavy atom. The van der Waals surface area contributed by atoms with Crippen molar-refractivity contribution in [2.75, 3.05) is 13.1 Å². The Hall–Kier alpha value is -3.92. The van der Waals surface area contributed by atoms with Gasteiger partial charge in [0.25, 0.3) is 0 Å². The molecule has 5 nitrogen and oxygen atoms in total. The van der Waals surface area contributed by atoms with Crippen LogP contribution in [0.15, 0.2) is 76.9 Å². The summed E-state index contributed by atoms with van der Waals surface area (Å²) in [5, 5.41) is 9.74. The van der Waals surface area contributed by atoms with Gasteiger partial charge in [-0.1, -0.05) is 24.3 Å². The summed E-state index contributed by atoms with van der Waals surface area (Å²) in [6.45, 7) is 1.88. The van der Waals surface area contributed by atoms with E-state index in [1.165, 1.54) is 31.2 Å². The number of hydrogen-bond donors (Lipinski definition) is 1. The Labute approximate surface area is 178 Å². The Morgan fingerprint density at radius 2 is 1.90 bits per heavy atom. The number of carbonyl (C=O) groups excluding carboxylic acids is 1. The van der Waals surface area contributed by atoms with Crippen LogP contribution in [0.2, 0.25) is 0 Å². The van der Waals surface area contributed by atoms with E-state index in [4.69, 9.17) is 10.5 Å². The third-order valence-corrected chi connectivity index (χ3v) is 5.36. The van der Waals surface area contributed by atoms with E-state index in [2.05, 4.69) is 6.07 Å². The van der Waals surface area contributed by atoms with E-state index < -0.39 is 17.6 Å². The first kappa shape index (κ1) is 20.4. The smallest absolute Gasteiger partial charge is 0.220 e. The van der Waals surface area contributed by atoms with E-state index in [0.717, 1.165) is 0 Å². The van der Waals surface area contributed by atoms with Gasteiger partial charge in [-0.2, -0.15) is 5.26 Å². The molecule has 4 rings (SSSR count). The molecule has 2 aliphatic heterocycles. The lowest BCUT2D eigenvalue weighted by atomic mass is 9.80. The van der Waals surface area contributed by atoms with Gasteiger partial charge in [-0.3, -0.25) is 4.79 Å². The normalized spacial score (nSPS) is 19.7. The monoisotopic (exact) mass is 419 g/mol. The number of halogens is 2. The van der Waals surface area contributed by atoms with Crippen LogP contribution in [0, 0.1) is 23.0 Å². The lowest BCUT2D eigenvalue weighted by molar-refractivity contribution is -0.128. The van der Waals surface area contributed by atoms with Crippen LogP contribution in [0.1, 0.15) is 24.0 Å². The van der Waals surface area contributed by atoms with Crippen LogP contribution in [-0.4, -0.2) is 23.9 Å². The van der Waals surface area contributed by atoms with Crippen LogP contribution >= 0.6 is 0 Å². The Morgan fingerprint density at radius 3 is 2.55 bits per heavy atom. The maximum atomic E-state index is 14.0. The maximum absolute atomic E-state index is 14.0. The van der Waals surface area contributed by atoms with Crippen LogP contribution in [-0.2, 0) is 9.53 Å². The molecule has 0 saturated carbocycles. The molecule has 156 valence electrons. The summed E-state index contributed by atoms with van der Waals surface area (Å²) in [4.78, 5) is 13.8. The van der Waals surface area contributed by atoms with Crippen LogP contribution < -0.4 is 5.73 Å². The number of allylic oxidation sites excluding steroid dienone is 1. The van der Waals surface area contributed by atoms with E-state index in [0.29, 0.717) is 28.0 Å². The van der Waals surface area contributed by atoms with Crippen LogP contribution in [0.25, 0.3) is 6.08 Å². The Bertz CT molecular complexity index is 1210. The predicted molar refractivity (Wildman–Crippen MR) is 111 cm³/mol. The van der Waals surface area contributed by atoms with E-state index in [-0.39, 0.29) is 30.5 Å². The van der Waals surface area contributed by atoms with Crippen molar-refractivity contribution >= 4 is 12.0 Å². The largest absolute Gasteiger partial charge is 0.440 e. The van der Waals surface area contributed by atoms with Gasteiger partial charge in [-0.15, -0.1) is 0 Å². The summed E-state index contributed by atoms with van der Waals surface area (Å²) in [5.41, 5.74) is 8.59. The highest BCUT2D eigenvalue weighted by Gasteiger charge is 2.38. The third-order valence-electron chi connectivity index (χ3n) is 5.36. The zero-order valence-electron chi connectivity index (χ0n) is 16.7. The van der Waals surface area contributed by atoms with Gasteiger partial charge >= 0.3 is 0 Å². The molecule has 0 aromatic heterocycles. The number of benzene rings is 2. The number of amides is 1. The molecule has 1 amide bonds. The Kier molecular flexibility index (Phi) is 5.30. The minimum Gasteiger partial charge on any atom is -0.440 e. The average Bonchev–Trinajstić information content (AvgIpc) is 2.73. The van der Waals surface area contributed by atoms with Gasteiger partial charge < -0.3 is 15.4 Å². The summed E-state index contributed by atoms with van der Waals surface area (Å²) in [6, 6.07) is 14.0. The van der Waals surface area contributed by atoms with E-state index in [1.54, 1.807) is 35.2 Å². The number of rotatable bonds is 2. The van der Waals surface area contributed by atoms with E-state index in [9.17, 15) is 18.8 Å². The molecule has 7 heteroatoms. The fourth-order valence-corrected chi connectivity index (χ4v) is 3.96. The van der Waals surface area contributed by atoms with Crippen LogP contribution in [0.3, 0.4) is 0 Å². The van der Waals surface area contributed by atoms with Gasteiger partial charge in [-0.05, 0) is 41.5 Å². The first-order chi connectivity index (χ1) is 14.9. The molecule has 0 bridgehead atoms. The fraction of sp³-hybridized carbons (Fsp3) is 0.167. The van der Waals surface area contributed by atoms with Gasteiger partial charge in [0.15, 0.2) is 0 Å². The van der Waals surface area contributed by atoms with Crippen molar-refractivity contribution < 1.29 is 18.3 Å². The molecule has 0 aliphatic carbocycles. The molecule has 2 aliphatic rings. The SMILES string of the molecule is CC(=O)N1CC2=C(OC(N)=C(C#N)C2c2cccc(F)c2)/C(=C/c2cccc(F)c2)C1. The molecule has 1 unspecified atom stereocenters. The van der Waals surface area contributed by atoms with Gasteiger partial charge in [0.2, 0.25) is 11.8 Å². The maximum Gasteiger partial charge on any atom is 0.220 e. The second-order valence-corrected chi connectivity index (χ2v) is 7.43. The minimum absolute atomic E-state index is 0.0723. The molecule has 2 heterocycles. The number of ether oxygens (including phenoxy) is 1. The van der Waals surface area contributed by atoms with E-state index >= 15 is 0 Å². The lowest BCUT2D eigenvalue weighted by Crippen LogP contribution is -2.40. The summed E-state index contributed by atoms with van der Waals surface area (Å²) in [5.74, 6) is -1.32. The van der Waals surface area contributed by atoms with E-state index in [1.807, 2.05) is 0 Å². The molecule has 2 N–H and O–H groups in total. The van der Waals surface area contributed by atoms with Crippen molar-refractivity contribution in [2.24, 2.45) is 5.73 Å². The molecule has 0 spiro atoms. The van der Waals surface area contributed by atoms with Crippen molar-refractivity contribution in [1.29, 1.82) is 5.26 Å². The molecule has 1 atom stereocenters. The molecule has 2 aromatic carbocycles. The molecular weight excluding hydrogens is 400 g/mol. The zero-order valence-corrected chi connectivity index (χ0v) is 16.7. The average molecular weight is 419 g/mol. The molecular formula is C24H19F2N3O2. The number of hydrogen-bond acceptors (Lipinski definition) is 4. The standard InChI is InChI=1S/C24H19F2N3O2/c1-14(30)29-12-17(8-15-4-2-6-18(25)9-15)23-21(13-29)22(20(11-27)24(28)31-23)16-5-3-7-19(26)10-16/h2-10,22H,12-13,28H2,1H3/b17-8+.